The summed E-state index contributed by atoms with van der Waals surface area (Å²) >= 11 is 12.6. The Bertz CT molecular complexity index is 410. The molecule has 0 spiro atoms. The molecule has 0 amide bonds. The van der Waals surface area contributed by atoms with Gasteiger partial charge >= 0.3 is 0 Å². The van der Waals surface area contributed by atoms with Crippen LogP contribution in [0.15, 0.2) is 0 Å². The lowest BCUT2D eigenvalue weighted by Gasteiger charge is -2.27. The first-order valence-electron chi connectivity index (χ1n) is 6.28. The van der Waals surface area contributed by atoms with Gasteiger partial charge in [-0.1, -0.05) is 25.4 Å². The van der Waals surface area contributed by atoms with Crippen molar-refractivity contribution in [3.63, 3.8) is 0 Å². The zero-order valence-corrected chi connectivity index (χ0v) is 12.3. The summed E-state index contributed by atoms with van der Waals surface area (Å²) in [4.78, 5) is 0. The lowest BCUT2D eigenvalue weighted by Crippen LogP contribution is -2.25. The van der Waals surface area contributed by atoms with Crippen LogP contribution >= 0.6 is 23.2 Å². The third-order valence-corrected chi connectivity index (χ3v) is 4.99. The number of nitrogens with zero attached hydrogens (tertiary/aromatic N) is 2. The molecule has 96 valence electrons. The molecule has 0 aromatic carbocycles. The van der Waals surface area contributed by atoms with Gasteiger partial charge < -0.3 is 0 Å². The van der Waals surface area contributed by atoms with Gasteiger partial charge in [-0.3, -0.25) is 4.68 Å². The molecule has 1 heterocycles. The van der Waals surface area contributed by atoms with Gasteiger partial charge in [0.2, 0.25) is 0 Å². The van der Waals surface area contributed by atoms with Crippen LogP contribution in [0.5, 0.6) is 0 Å². The van der Waals surface area contributed by atoms with Crippen molar-refractivity contribution >= 4 is 23.2 Å². The Kier molecular flexibility index (Phi) is 3.74. The molecule has 1 unspecified atom stereocenters. The van der Waals surface area contributed by atoms with Gasteiger partial charge in [-0.2, -0.15) is 5.10 Å². The molecule has 1 aliphatic rings. The highest BCUT2D eigenvalue weighted by atomic mass is 35.5. The minimum atomic E-state index is 0.171. The highest BCUT2D eigenvalue weighted by Crippen LogP contribution is 2.48. The number of aromatic nitrogens is 2. The molecule has 1 aliphatic carbocycles. The van der Waals surface area contributed by atoms with Gasteiger partial charge in [0.15, 0.2) is 0 Å². The molecule has 2 rings (SSSR count). The Morgan fingerprint density at radius 2 is 2.12 bits per heavy atom. The summed E-state index contributed by atoms with van der Waals surface area (Å²) in [6.45, 7) is 4.35. The average molecular weight is 275 g/mol. The summed E-state index contributed by atoms with van der Waals surface area (Å²) in [5.41, 5.74) is 2.31. The summed E-state index contributed by atoms with van der Waals surface area (Å²) in [5.74, 6) is 1.46. The number of hydrogen-bond donors (Lipinski definition) is 0. The monoisotopic (exact) mass is 274 g/mol. The maximum absolute atomic E-state index is 6.39. The van der Waals surface area contributed by atoms with Crippen molar-refractivity contribution in [3.8, 4) is 0 Å². The first kappa shape index (κ1) is 13.2. The third kappa shape index (κ3) is 2.48. The number of halogens is 2. The topological polar surface area (TPSA) is 17.8 Å². The maximum Gasteiger partial charge on any atom is 0.0849 e. The van der Waals surface area contributed by atoms with Gasteiger partial charge in [0.05, 0.1) is 16.4 Å². The van der Waals surface area contributed by atoms with Crippen molar-refractivity contribution in [3.05, 3.63) is 16.4 Å². The molecule has 1 fully saturated rings. The molecule has 0 bridgehead atoms. The van der Waals surface area contributed by atoms with E-state index < -0.39 is 0 Å². The van der Waals surface area contributed by atoms with Gasteiger partial charge in [-0.05, 0) is 37.0 Å². The summed E-state index contributed by atoms with van der Waals surface area (Å²) in [5, 5.41) is 5.31. The summed E-state index contributed by atoms with van der Waals surface area (Å²) < 4.78 is 1.92. The second-order valence-electron chi connectivity index (χ2n) is 5.42. The molecule has 0 saturated heterocycles. The van der Waals surface area contributed by atoms with Crippen LogP contribution in [0.1, 0.15) is 38.1 Å². The van der Waals surface area contributed by atoms with Crippen LogP contribution in [0.3, 0.4) is 0 Å². The average Bonchev–Trinajstić information content (AvgIpc) is 3.12. The van der Waals surface area contributed by atoms with Gasteiger partial charge in [-0.15, -0.1) is 11.6 Å². The van der Waals surface area contributed by atoms with Crippen LogP contribution in [-0.4, -0.2) is 15.7 Å². The number of aryl methyl sites for hydroxylation is 2. The molecule has 4 heteroatoms. The molecular formula is C13H20Cl2N2. The fraction of sp³-hybridized carbons (Fsp3) is 0.769. The smallest absolute Gasteiger partial charge is 0.0849 e. The minimum Gasteiger partial charge on any atom is -0.271 e. The van der Waals surface area contributed by atoms with Gasteiger partial charge in [0.1, 0.15) is 0 Å². The molecule has 1 aromatic rings. The number of rotatable bonds is 5. The molecule has 0 radical (unpaired) electrons. The molecule has 1 saturated carbocycles. The largest absolute Gasteiger partial charge is 0.271 e. The predicted molar refractivity (Wildman–Crippen MR) is 72.9 cm³/mol. The molecule has 2 nitrogen and oxygen atoms in total. The Labute approximate surface area is 113 Å². The zero-order valence-electron chi connectivity index (χ0n) is 10.8. The second-order valence-corrected chi connectivity index (χ2v) is 6.07. The zero-order chi connectivity index (χ0) is 12.6. The normalized spacial score (nSPS) is 19.4. The Morgan fingerprint density at radius 3 is 2.53 bits per heavy atom. The first-order chi connectivity index (χ1) is 8.01. The van der Waals surface area contributed by atoms with Crippen LogP contribution < -0.4 is 0 Å². The summed E-state index contributed by atoms with van der Waals surface area (Å²) in [6.07, 6.45) is 4.43. The van der Waals surface area contributed by atoms with Crippen LogP contribution in [-0.2, 0) is 19.9 Å². The van der Waals surface area contributed by atoms with Crippen molar-refractivity contribution in [2.45, 2.75) is 39.5 Å². The van der Waals surface area contributed by atoms with Crippen molar-refractivity contribution in [1.82, 2.24) is 9.78 Å². The van der Waals surface area contributed by atoms with Crippen molar-refractivity contribution in [1.29, 1.82) is 0 Å². The molecule has 17 heavy (non-hydrogen) atoms. The Balaban J connectivity index is 2.25. The second kappa shape index (κ2) is 4.81. The molecule has 1 atom stereocenters. The molecular weight excluding hydrogens is 255 g/mol. The van der Waals surface area contributed by atoms with E-state index >= 15 is 0 Å². The van der Waals surface area contributed by atoms with E-state index in [9.17, 15) is 0 Å². The standard InChI is InChI=1S/C13H20Cl2N2/c1-4-10-12(15)11(17(3)16-10)7-13(2,8-14)9-5-6-9/h9H,4-8H2,1-3H3. The van der Waals surface area contributed by atoms with E-state index in [2.05, 4.69) is 18.9 Å². The third-order valence-electron chi connectivity index (χ3n) is 3.94. The highest BCUT2D eigenvalue weighted by Gasteiger charge is 2.41. The number of hydrogen-bond acceptors (Lipinski definition) is 1. The molecule has 0 N–H and O–H groups in total. The number of alkyl halides is 1. The van der Waals surface area contributed by atoms with Crippen molar-refractivity contribution < 1.29 is 0 Å². The van der Waals surface area contributed by atoms with Crippen LogP contribution in [0.2, 0.25) is 5.02 Å². The molecule has 0 aliphatic heterocycles. The van der Waals surface area contributed by atoms with E-state index in [1.54, 1.807) is 0 Å². The van der Waals surface area contributed by atoms with Crippen LogP contribution in [0.25, 0.3) is 0 Å². The predicted octanol–water partition coefficient (Wildman–Crippen LogP) is 3.83. The van der Waals surface area contributed by atoms with Gasteiger partial charge in [0, 0.05) is 12.9 Å². The molecule has 1 aromatic heterocycles. The fourth-order valence-electron chi connectivity index (χ4n) is 2.48. The lowest BCUT2D eigenvalue weighted by molar-refractivity contribution is 0.306. The van der Waals surface area contributed by atoms with Crippen molar-refractivity contribution in [2.24, 2.45) is 18.4 Å². The van der Waals surface area contributed by atoms with E-state index in [1.807, 2.05) is 11.7 Å². The summed E-state index contributed by atoms with van der Waals surface area (Å²) in [6, 6.07) is 0. The quantitative estimate of drug-likeness (QED) is 0.747. The van der Waals surface area contributed by atoms with Crippen LogP contribution in [0, 0.1) is 11.3 Å². The van der Waals surface area contributed by atoms with E-state index in [4.69, 9.17) is 23.2 Å². The van der Waals surface area contributed by atoms with Gasteiger partial charge in [0.25, 0.3) is 0 Å². The Morgan fingerprint density at radius 1 is 1.47 bits per heavy atom. The maximum atomic E-state index is 6.39. The van der Waals surface area contributed by atoms with E-state index in [0.717, 1.165) is 35.2 Å². The van der Waals surface area contributed by atoms with E-state index in [1.165, 1.54) is 12.8 Å². The fourth-order valence-corrected chi connectivity index (χ4v) is 3.15. The summed E-state index contributed by atoms with van der Waals surface area (Å²) in [7, 11) is 1.97. The first-order valence-corrected chi connectivity index (χ1v) is 7.19. The SMILES string of the molecule is CCc1nn(C)c(CC(C)(CCl)C2CC2)c1Cl. The van der Waals surface area contributed by atoms with Gasteiger partial charge in [-0.25, -0.2) is 0 Å². The van der Waals surface area contributed by atoms with E-state index in [-0.39, 0.29) is 5.41 Å². The van der Waals surface area contributed by atoms with Crippen molar-refractivity contribution in [2.75, 3.05) is 5.88 Å². The highest BCUT2D eigenvalue weighted by molar-refractivity contribution is 6.31. The van der Waals surface area contributed by atoms with Crippen LogP contribution in [0.4, 0.5) is 0 Å². The van der Waals surface area contributed by atoms with E-state index in [0.29, 0.717) is 5.88 Å². The lowest BCUT2D eigenvalue weighted by atomic mass is 9.82. The Hall–Kier alpha value is -0.210. The minimum absolute atomic E-state index is 0.171.